The summed E-state index contributed by atoms with van der Waals surface area (Å²) in [4.78, 5) is 20.7. The lowest BCUT2D eigenvalue weighted by Crippen LogP contribution is -2.32. The number of aryl methyl sites for hydroxylation is 1. The topological polar surface area (TPSA) is 84.3 Å². The summed E-state index contributed by atoms with van der Waals surface area (Å²) in [6, 6.07) is 0. The molecule has 0 amide bonds. The second kappa shape index (κ2) is 5.23. The predicted molar refractivity (Wildman–Crippen MR) is 81.2 cm³/mol. The van der Waals surface area contributed by atoms with Crippen LogP contribution in [0.25, 0.3) is 10.2 Å². The van der Waals surface area contributed by atoms with Crippen LogP contribution in [0.2, 0.25) is 0 Å². The minimum Gasteiger partial charge on any atom is -0.477 e. The first kappa shape index (κ1) is 14.2. The number of hydrogen-bond donors (Lipinski definition) is 2. The van der Waals surface area contributed by atoms with Crippen molar-refractivity contribution in [2.75, 3.05) is 18.5 Å². The van der Waals surface area contributed by atoms with Crippen LogP contribution in [0.3, 0.4) is 0 Å². The van der Waals surface area contributed by atoms with E-state index in [0.29, 0.717) is 27.6 Å². The highest BCUT2D eigenvalue weighted by molar-refractivity contribution is 7.20. The third kappa shape index (κ3) is 2.58. The molecule has 3 heterocycles. The minimum absolute atomic E-state index is 0.184. The van der Waals surface area contributed by atoms with E-state index in [2.05, 4.69) is 22.2 Å². The summed E-state index contributed by atoms with van der Waals surface area (Å²) in [6.07, 6.45) is 3.54. The second-order valence-corrected chi connectivity index (χ2v) is 6.52. The van der Waals surface area contributed by atoms with E-state index in [-0.39, 0.29) is 5.60 Å². The standard InChI is InChI=1S/C14H17N3O3S/c1-8-9-11(15-6-14(2)4-3-5-20-14)16-7-17-12(9)21-10(8)13(18)19/h7H,3-6H2,1-2H3,(H,18,19)(H,15,16,17). The molecule has 1 saturated heterocycles. The SMILES string of the molecule is Cc1c(C(=O)O)sc2ncnc(NCC3(C)CCCO3)c12. The Morgan fingerprint density at radius 1 is 1.57 bits per heavy atom. The lowest BCUT2D eigenvalue weighted by Gasteiger charge is -2.23. The molecule has 2 N–H and O–H groups in total. The highest BCUT2D eigenvalue weighted by atomic mass is 32.1. The van der Waals surface area contributed by atoms with Gasteiger partial charge in [-0.25, -0.2) is 14.8 Å². The van der Waals surface area contributed by atoms with Gasteiger partial charge < -0.3 is 15.2 Å². The first-order chi connectivity index (χ1) is 10.0. The molecule has 0 radical (unpaired) electrons. The van der Waals surface area contributed by atoms with E-state index < -0.39 is 5.97 Å². The molecular weight excluding hydrogens is 290 g/mol. The maximum absolute atomic E-state index is 11.2. The number of ether oxygens (including phenoxy) is 1. The van der Waals surface area contributed by atoms with E-state index in [1.54, 1.807) is 6.92 Å². The van der Waals surface area contributed by atoms with Gasteiger partial charge in [0.2, 0.25) is 0 Å². The number of thiophene rings is 1. The average molecular weight is 307 g/mol. The molecular formula is C14H17N3O3S. The van der Waals surface area contributed by atoms with Crippen molar-refractivity contribution in [3.63, 3.8) is 0 Å². The smallest absolute Gasteiger partial charge is 0.346 e. The van der Waals surface area contributed by atoms with Crippen molar-refractivity contribution in [1.29, 1.82) is 0 Å². The van der Waals surface area contributed by atoms with Crippen LogP contribution in [0.1, 0.15) is 35.0 Å². The summed E-state index contributed by atoms with van der Waals surface area (Å²) in [5, 5.41) is 13.3. The van der Waals surface area contributed by atoms with Gasteiger partial charge in [-0.15, -0.1) is 11.3 Å². The van der Waals surface area contributed by atoms with Gasteiger partial charge in [0.05, 0.1) is 11.0 Å². The molecule has 0 aliphatic carbocycles. The van der Waals surface area contributed by atoms with E-state index in [4.69, 9.17) is 4.74 Å². The summed E-state index contributed by atoms with van der Waals surface area (Å²) >= 11 is 1.18. The molecule has 0 bridgehead atoms. The Kier molecular flexibility index (Phi) is 3.54. The molecule has 1 fully saturated rings. The normalized spacial score (nSPS) is 21.8. The van der Waals surface area contributed by atoms with Gasteiger partial charge in [0.15, 0.2) is 0 Å². The van der Waals surface area contributed by atoms with Gasteiger partial charge in [0.1, 0.15) is 21.9 Å². The number of aromatic nitrogens is 2. The Balaban J connectivity index is 1.93. The molecule has 7 heteroatoms. The number of fused-ring (bicyclic) bond motifs is 1. The van der Waals surface area contributed by atoms with E-state index in [1.807, 2.05) is 0 Å². The monoisotopic (exact) mass is 307 g/mol. The zero-order chi connectivity index (χ0) is 15.0. The van der Waals surface area contributed by atoms with Crippen LogP contribution in [-0.2, 0) is 4.74 Å². The zero-order valence-corrected chi connectivity index (χ0v) is 12.8. The molecule has 6 nitrogen and oxygen atoms in total. The van der Waals surface area contributed by atoms with Crippen LogP contribution in [0.4, 0.5) is 5.82 Å². The number of anilines is 1. The second-order valence-electron chi connectivity index (χ2n) is 5.52. The molecule has 3 rings (SSSR count). The number of carboxylic acid groups (broad SMARTS) is 1. The Labute approximate surface area is 126 Å². The maximum atomic E-state index is 11.2. The zero-order valence-electron chi connectivity index (χ0n) is 12.0. The first-order valence-corrected chi connectivity index (χ1v) is 7.67. The Bertz CT molecular complexity index is 692. The van der Waals surface area contributed by atoms with Crippen LogP contribution >= 0.6 is 11.3 Å². The van der Waals surface area contributed by atoms with Crippen molar-refractivity contribution in [3.05, 3.63) is 16.8 Å². The van der Waals surface area contributed by atoms with Gasteiger partial charge in [-0.2, -0.15) is 0 Å². The molecule has 0 spiro atoms. The van der Waals surface area contributed by atoms with Crippen molar-refractivity contribution < 1.29 is 14.6 Å². The fraction of sp³-hybridized carbons (Fsp3) is 0.500. The Morgan fingerprint density at radius 3 is 3.05 bits per heavy atom. The molecule has 0 saturated carbocycles. The molecule has 1 aliphatic heterocycles. The first-order valence-electron chi connectivity index (χ1n) is 6.85. The number of aromatic carboxylic acids is 1. The van der Waals surface area contributed by atoms with Gasteiger partial charge in [-0.05, 0) is 32.3 Å². The summed E-state index contributed by atoms with van der Waals surface area (Å²) in [5.41, 5.74) is 0.527. The lowest BCUT2D eigenvalue weighted by molar-refractivity contribution is 0.0315. The largest absolute Gasteiger partial charge is 0.477 e. The van der Waals surface area contributed by atoms with Crippen molar-refractivity contribution in [2.24, 2.45) is 0 Å². The summed E-state index contributed by atoms with van der Waals surface area (Å²) in [5.74, 6) is -0.245. The van der Waals surface area contributed by atoms with E-state index in [0.717, 1.165) is 24.8 Å². The van der Waals surface area contributed by atoms with Crippen LogP contribution in [0, 0.1) is 6.92 Å². The number of carboxylic acids is 1. The van der Waals surface area contributed by atoms with Crippen molar-refractivity contribution in [3.8, 4) is 0 Å². The fourth-order valence-electron chi connectivity index (χ4n) is 2.66. The Hall–Kier alpha value is -1.73. The quantitative estimate of drug-likeness (QED) is 0.903. The van der Waals surface area contributed by atoms with Gasteiger partial charge in [0.25, 0.3) is 0 Å². The molecule has 112 valence electrons. The minimum atomic E-state index is -0.924. The predicted octanol–water partition coefficient (Wildman–Crippen LogP) is 2.68. The summed E-state index contributed by atoms with van der Waals surface area (Å²) in [6.45, 7) is 5.31. The van der Waals surface area contributed by atoms with Gasteiger partial charge in [-0.1, -0.05) is 0 Å². The highest BCUT2D eigenvalue weighted by Gasteiger charge is 2.30. The van der Waals surface area contributed by atoms with Crippen LogP contribution in [0.15, 0.2) is 6.33 Å². The number of nitrogens with zero attached hydrogens (tertiary/aromatic N) is 2. The third-order valence-electron chi connectivity index (χ3n) is 3.85. The van der Waals surface area contributed by atoms with Crippen molar-refractivity contribution in [1.82, 2.24) is 9.97 Å². The Morgan fingerprint density at radius 2 is 2.38 bits per heavy atom. The number of rotatable bonds is 4. The average Bonchev–Trinajstić information content (AvgIpc) is 3.02. The molecule has 1 aliphatic rings. The van der Waals surface area contributed by atoms with Crippen molar-refractivity contribution in [2.45, 2.75) is 32.3 Å². The van der Waals surface area contributed by atoms with E-state index >= 15 is 0 Å². The van der Waals surface area contributed by atoms with Gasteiger partial charge in [-0.3, -0.25) is 0 Å². The van der Waals surface area contributed by atoms with Crippen molar-refractivity contribution >= 4 is 33.3 Å². The molecule has 2 aromatic rings. The number of carbonyl (C=O) groups is 1. The fourth-order valence-corrected chi connectivity index (χ4v) is 3.64. The van der Waals surface area contributed by atoms with Crippen LogP contribution < -0.4 is 5.32 Å². The number of hydrogen-bond acceptors (Lipinski definition) is 6. The summed E-state index contributed by atoms with van der Waals surface area (Å²) in [7, 11) is 0. The highest BCUT2D eigenvalue weighted by Crippen LogP contribution is 2.34. The van der Waals surface area contributed by atoms with Crippen LogP contribution in [-0.4, -0.2) is 39.8 Å². The molecule has 21 heavy (non-hydrogen) atoms. The lowest BCUT2D eigenvalue weighted by atomic mass is 10.0. The molecule has 1 atom stereocenters. The van der Waals surface area contributed by atoms with Gasteiger partial charge in [0, 0.05) is 13.2 Å². The van der Waals surface area contributed by atoms with E-state index in [1.165, 1.54) is 17.7 Å². The van der Waals surface area contributed by atoms with E-state index in [9.17, 15) is 9.90 Å². The molecule has 1 unspecified atom stereocenters. The number of nitrogens with one attached hydrogen (secondary N) is 1. The third-order valence-corrected chi connectivity index (χ3v) is 5.04. The summed E-state index contributed by atoms with van der Waals surface area (Å²) < 4.78 is 5.75. The molecule has 0 aromatic carbocycles. The maximum Gasteiger partial charge on any atom is 0.346 e. The van der Waals surface area contributed by atoms with Crippen LogP contribution in [0.5, 0.6) is 0 Å². The molecule has 2 aromatic heterocycles. The van der Waals surface area contributed by atoms with Gasteiger partial charge >= 0.3 is 5.97 Å².